The van der Waals surface area contributed by atoms with Gasteiger partial charge in [-0.3, -0.25) is 0 Å². The average molecular weight is 147 g/mol. The fraction of sp³-hybridized carbons (Fsp3) is 1.00. The second-order valence-electron chi connectivity index (χ2n) is 0.844. The lowest BCUT2D eigenvalue weighted by Gasteiger charge is -2.11. The Morgan fingerprint density at radius 3 is 1.50 bits per heavy atom. The summed E-state index contributed by atoms with van der Waals surface area (Å²) in [6.45, 7) is 0. The fourth-order valence-corrected chi connectivity index (χ4v) is 0. The summed E-state index contributed by atoms with van der Waals surface area (Å²) in [5.74, 6) is 0. The van der Waals surface area contributed by atoms with E-state index in [0.717, 1.165) is 0 Å². The van der Waals surface area contributed by atoms with Crippen LogP contribution in [0.1, 0.15) is 0 Å². The Bertz CT molecular complexity index is 40.5. The second-order valence-corrected chi connectivity index (χ2v) is 4.78. The Kier molecular flexibility index (Phi) is 2.61. The standard InChI is InChI=1S/CHClNSi3/c2-3-1(4,5)6/h3H. The molecule has 1 N–H and O–H groups in total. The summed E-state index contributed by atoms with van der Waals surface area (Å²) in [6, 6.07) is 0. The Labute approximate surface area is 52.2 Å². The van der Waals surface area contributed by atoms with Gasteiger partial charge in [-0.2, -0.15) is 0 Å². The minimum absolute atomic E-state index is 0.526. The molecule has 0 saturated carbocycles. The topological polar surface area (TPSA) is 12.0 Å². The smallest absolute Gasteiger partial charge is 0.0430 e. The van der Waals surface area contributed by atoms with Crippen LogP contribution in [0, 0.1) is 0 Å². The van der Waals surface area contributed by atoms with E-state index in [4.69, 9.17) is 11.8 Å². The van der Waals surface area contributed by atoms with Gasteiger partial charge < -0.3 is 0 Å². The molecule has 5 heteroatoms. The molecule has 0 amide bonds. The van der Waals surface area contributed by atoms with Crippen LogP contribution in [0.3, 0.4) is 0 Å². The molecule has 0 heterocycles. The number of hydrogen-bond donors (Lipinski definition) is 1. The zero-order valence-corrected chi connectivity index (χ0v) is 6.63. The molecular weight excluding hydrogens is 146 g/mol. The third-order valence-corrected chi connectivity index (χ3v) is 1.28. The van der Waals surface area contributed by atoms with E-state index in [0.29, 0.717) is 0 Å². The van der Waals surface area contributed by atoms with Crippen LogP contribution in [-0.4, -0.2) is 35.1 Å². The zero-order chi connectivity index (χ0) is 5.21. The molecule has 29 valence electrons. The van der Waals surface area contributed by atoms with Gasteiger partial charge in [-0.25, -0.2) is 4.84 Å². The number of rotatable bonds is 1. The van der Waals surface area contributed by atoms with Crippen molar-refractivity contribution in [3.63, 3.8) is 0 Å². The molecule has 0 fully saturated rings. The van der Waals surface area contributed by atoms with Gasteiger partial charge in [0.25, 0.3) is 0 Å². The van der Waals surface area contributed by atoms with Crippen molar-refractivity contribution in [2.24, 2.45) is 0 Å². The molecule has 0 rings (SSSR count). The molecule has 0 aliphatic heterocycles. The van der Waals surface area contributed by atoms with Gasteiger partial charge in [0.1, 0.15) is 0 Å². The predicted molar refractivity (Wildman–Crippen MR) is 29.0 cm³/mol. The molecule has 0 saturated heterocycles. The molecule has 1 nitrogen and oxygen atoms in total. The molecule has 0 aliphatic rings. The van der Waals surface area contributed by atoms with Gasteiger partial charge >= 0.3 is 0 Å². The molecule has 0 spiro atoms. The highest BCUT2D eigenvalue weighted by atomic mass is 35.5. The van der Waals surface area contributed by atoms with Crippen LogP contribution in [0.25, 0.3) is 0 Å². The summed E-state index contributed by atoms with van der Waals surface area (Å²) in [5, 5.41) is 0. The zero-order valence-electron chi connectivity index (χ0n) is 2.88. The quantitative estimate of drug-likeness (QED) is 0.364. The largest absolute Gasteiger partial charge is 0.238 e. The Morgan fingerprint density at radius 1 is 1.33 bits per heavy atom. The van der Waals surface area contributed by atoms with Gasteiger partial charge in [0, 0.05) is 30.7 Å². The van der Waals surface area contributed by atoms with E-state index < -0.39 is 4.41 Å². The van der Waals surface area contributed by atoms with E-state index in [1.807, 2.05) is 0 Å². The van der Waals surface area contributed by atoms with Crippen molar-refractivity contribution in [2.75, 3.05) is 0 Å². The molecule has 0 aliphatic carbocycles. The minimum atomic E-state index is -0.526. The second kappa shape index (κ2) is 2.27. The van der Waals surface area contributed by atoms with Gasteiger partial charge in [-0.1, -0.05) is 0 Å². The first-order valence-electron chi connectivity index (χ1n) is 1.19. The third kappa shape index (κ3) is 4.90. The summed E-state index contributed by atoms with van der Waals surface area (Å²) >= 11 is 5.08. The third-order valence-electron chi connectivity index (χ3n) is 0.142. The van der Waals surface area contributed by atoms with Gasteiger partial charge in [0.15, 0.2) is 0 Å². The van der Waals surface area contributed by atoms with Gasteiger partial charge in [-0.05, 0) is 16.2 Å². The first-order chi connectivity index (χ1) is 2.56. The molecule has 0 bridgehead atoms. The summed E-state index contributed by atoms with van der Waals surface area (Å²) in [4.78, 5) is 2.32. The van der Waals surface area contributed by atoms with Crippen molar-refractivity contribution < 1.29 is 0 Å². The summed E-state index contributed by atoms with van der Waals surface area (Å²) in [5.41, 5.74) is 0. The van der Waals surface area contributed by atoms with E-state index in [2.05, 4.69) is 35.6 Å². The van der Waals surface area contributed by atoms with Crippen LogP contribution in [0.4, 0.5) is 0 Å². The van der Waals surface area contributed by atoms with Gasteiger partial charge in [-0.15, -0.1) is 0 Å². The van der Waals surface area contributed by atoms with E-state index in [9.17, 15) is 0 Å². The lowest BCUT2D eigenvalue weighted by atomic mass is 11.4. The molecule has 0 aromatic carbocycles. The van der Waals surface area contributed by atoms with Crippen molar-refractivity contribution in [1.29, 1.82) is 0 Å². The van der Waals surface area contributed by atoms with Crippen LogP contribution < -0.4 is 4.84 Å². The maximum Gasteiger partial charge on any atom is 0.0430 e. The van der Waals surface area contributed by atoms with Crippen LogP contribution in [0.15, 0.2) is 0 Å². The molecule has 0 aromatic heterocycles. The van der Waals surface area contributed by atoms with Crippen LogP contribution in [0.5, 0.6) is 0 Å². The predicted octanol–water partition coefficient (Wildman–Crippen LogP) is -1.15. The first kappa shape index (κ1) is 6.90. The molecule has 6 heavy (non-hydrogen) atoms. The summed E-state index contributed by atoms with van der Waals surface area (Å²) in [7, 11) is 9.32. The lowest BCUT2D eigenvalue weighted by molar-refractivity contribution is 1.03. The SMILES string of the molecule is [Si]C([Si])([Si])NCl. The fourth-order valence-electron chi connectivity index (χ4n) is 0. The van der Waals surface area contributed by atoms with Gasteiger partial charge in [0.05, 0.1) is 0 Å². The molecule has 0 unspecified atom stereocenters. The number of nitrogens with one attached hydrogen (secondary N) is 1. The maximum absolute atomic E-state index is 5.08. The summed E-state index contributed by atoms with van der Waals surface area (Å²) in [6.07, 6.45) is 0. The van der Waals surface area contributed by atoms with E-state index in [1.165, 1.54) is 0 Å². The highest BCUT2D eigenvalue weighted by Crippen LogP contribution is 1.80. The van der Waals surface area contributed by atoms with Crippen molar-refractivity contribution in [1.82, 2.24) is 4.84 Å². The van der Waals surface area contributed by atoms with Crippen LogP contribution in [0.2, 0.25) is 0 Å². The van der Waals surface area contributed by atoms with Gasteiger partial charge in [0.2, 0.25) is 0 Å². The minimum Gasteiger partial charge on any atom is -0.238 e. The van der Waals surface area contributed by atoms with Crippen molar-refractivity contribution in [2.45, 2.75) is 4.41 Å². The average Bonchev–Trinajstić information content (AvgIpc) is 1.35. The lowest BCUT2D eigenvalue weighted by Crippen LogP contribution is -2.41. The maximum atomic E-state index is 5.08. The van der Waals surface area contributed by atoms with E-state index in [-0.39, 0.29) is 0 Å². The monoisotopic (exact) mass is 146 g/mol. The van der Waals surface area contributed by atoms with E-state index in [1.54, 1.807) is 0 Å². The summed E-state index contributed by atoms with van der Waals surface area (Å²) < 4.78 is -0.526. The Morgan fingerprint density at radius 2 is 1.50 bits per heavy atom. The molecule has 0 atom stereocenters. The highest BCUT2D eigenvalue weighted by Gasteiger charge is 2.05. The van der Waals surface area contributed by atoms with Crippen LogP contribution in [-0.2, 0) is 0 Å². The molecule has 0 aromatic rings. The first-order valence-corrected chi connectivity index (χ1v) is 3.07. The number of halogens is 1. The highest BCUT2D eigenvalue weighted by molar-refractivity contribution is 6.60. The molecule has 9 radical (unpaired) electrons. The normalized spacial score (nSPS) is 12.0. The Balaban J connectivity index is 3.17. The van der Waals surface area contributed by atoms with Crippen molar-refractivity contribution in [3.8, 4) is 0 Å². The number of hydrogen-bond acceptors (Lipinski definition) is 1. The van der Waals surface area contributed by atoms with E-state index >= 15 is 0 Å². The Hall–Kier alpha value is 0.901. The van der Waals surface area contributed by atoms with Crippen molar-refractivity contribution in [3.05, 3.63) is 0 Å². The van der Waals surface area contributed by atoms with Crippen molar-refractivity contribution >= 4 is 42.5 Å². The molecular formula is CHClNSi3. The van der Waals surface area contributed by atoms with Crippen LogP contribution >= 0.6 is 11.8 Å².